The lowest BCUT2D eigenvalue weighted by molar-refractivity contribution is 0.582. The van der Waals surface area contributed by atoms with Crippen LogP contribution >= 0.6 is 22.9 Å². The predicted octanol–water partition coefficient (Wildman–Crippen LogP) is 2.92. The van der Waals surface area contributed by atoms with Crippen molar-refractivity contribution in [2.75, 3.05) is 6.54 Å². The maximum absolute atomic E-state index is 12.0. The van der Waals surface area contributed by atoms with E-state index in [9.17, 15) is 8.42 Å². The molecule has 1 aromatic heterocycles. The molecular formula is C12H12ClNO2S2. The topological polar surface area (TPSA) is 46.2 Å². The molecule has 0 atom stereocenters. The molecule has 0 saturated carbocycles. The van der Waals surface area contributed by atoms with Crippen LogP contribution in [0, 0.1) is 0 Å². The molecule has 1 N–H and O–H groups in total. The fraction of sp³-hybridized carbons (Fsp3) is 0.167. The fourth-order valence-corrected chi connectivity index (χ4v) is 3.76. The van der Waals surface area contributed by atoms with Crippen molar-refractivity contribution >= 4 is 33.0 Å². The van der Waals surface area contributed by atoms with Gasteiger partial charge >= 0.3 is 0 Å². The van der Waals surface area contributed by atoms with Gasteiger partial charge in [0.1, 0.15) is 4.90 Å². The van der Waals surface area contributed by atoms with Crippen molar-refractivity contribution in [2.45, 2.75) is 11.3 Å². The Morgan fingerprint density at radius 3 is 2.61 bits per heavy atom. The number of hydrogen-bond donors (Lipinski definition) is 1. The van der Waals surface area contributed by atoms with E-state index < -0.39 is 10.0 Å². The molecule has 2 aromatic rings. The van der Waals surface area contributed by atoms with E-state index in [0.29, 0.717) is 13.0 Å². The van der Waals surface area contributed by atoms with E-state index in [1.54, 1.807) is 29.5 Å². The summed E-state index contributed by atoms with van der Waals surface area (Å²) < 4.78 is 26.5. The Morgan fingerprint density at radius 1 is 1.17 bits per heavy atom. The third-order valence-electron chi connectivity index (χ3n) is 2.37. The molecule has 1 heterocycles. The van der Waals surface area contributed by atoms with Crippen molar-refractivity contribution < 1.29 is 8.42 Å². The molecule has 2 rings (SSSR count). The van der Waals surface area contributed by atoms with Crippen LogP contribution in [0.25, 0.3) is 0 Å². The molecule has 0 saturated heterocycles. The van der Waals surface area contributed by atoms with Crippen LogP contribution in [0.3, 0.4) is 0 Å². The first-order chi connectivity index (χ1) is 8.59. The van der Waals surface area contributed by atoms with E-state index in [1.165, 1.54) is 6.07 Å². The van der Waals surface area contributed by atoms with Gasteiger partial charge in [0.15, 0.2) is 0 Å². The average Bonchev–Trinajstić information content (AvgIpc) is 2.82. The van der Waals surface area contributed by atoms with E-state index in [2.05, 4.69) is 4.72 Å². The van der Waals surface area contributed by atoms with E-state index in [1.807, 2.05) is 17.5 Å². The molecule has 0 aliphatic rings. The SMILES string of the molecule is O=S(=O)(NCCc1cccs1)c1ccccc1Cl. The number of rotatable bonds is 5. The highest BCUT2D eigenvalue weighted by Crippen LogP contribution is 2.20. The van der Waals surface area contributed by atoms with Gasteiger partial charge in [-0.1, -0.05) is 29.8 Å². The average molecular weight is 302 g/mol. The standard InChI is InChI=1S/C12H12ClNO2S2/c13-11-5-1-2-6-12(11)18(15,16)14-8-7-10-4-3-9-17-10/h1-6,9,14H,7-8H2. The predicted molar refractivity (Wildman–Crippen MR) is 74.7 cm³/mol. The molecule has 6 heteroatoms. The van der Waals surface area contributed by atoms with Gasteiger partial charge in [0.2, 0.25) is 10.0 Å². The molecule has 3 nitrogen and oxygen atoms in total. The highest BCUT2D eigenvalue weighted by molar-refractivity contribution is 7.89. The van der Waals surface area contributed by atoms with E-state index >= 15 is 0 Å². The second kappa shape index (κ2) is 5.84. The van der Waals surface area contributed by atoms with Crippen molar-refractivity contribution in [1.29, 1.82) is 0 Å². The van der Waals surface area contributed by atoms with E-state index in [4.69, 9.17) is 11.6 Å². The zero-order valence-electron chi connectivity index (χ0n) is 9.47. The summed E-state index contributed by atoms with van der Waals surface area (Å²) in [6, 6.07) is 10.3. The Bertz CT molecular complexity index is 609. The van der Waals surface area contributed by atoms with Gasteiger partial charge in [0, 0.05) is 11.4 Å². The summed E-state index contributed by atoms with van der Waals surface area (Å²) in [7, 11) is -3.52. The van der Waals surface area contributed by atoms with Crippen LogP contribution in [0.15, 0.2) is 46.7 Å². The number of hydrogen-bond acceptors (Lipinski definition) is 3. The van der Waals surface area contributed by atoms with Crippen LogP contribution in [0.5, 0.6) is 0 Å². The van der Waals surface area contributed by atoms with Crippen LogP contribution in [-0.4, -0.2) is 15.0 Å². The van der Waals surface area contributed by atoms with Crippen molar-refractivity contribution in [3.8, 4) is 0 Å². The summed E-state index contributed by atoms with van der Waals surface area (Å²) in [6.07, 6.45) is 0.682. The maximum Gasteiger partial charge on any atom is 0.242 e. The smallest absolute Gasteiger partial charge is 0.211 e. The Labute approximate surface area is 115 Å². The summed E-state index contributed by atoms with van der Waals surface area (Å²) >= 11 is 7.48. The zero-order chi connectivity index (χ0) is 13.0. The quantitative estimate of drug-likeness (QED) is 0.923. The van der Waals surface area contributed by atoms with Crippen LogP contribution < -0.4 is 4.72 Å². The molecule has 0 spiro atoms. The molecule has 0 fully saturated rings. The van der Waals surface area contributed by atoms with Crippen LogP contribution in [0.1, 0.15) is 4.88 Å². The largest absolute Gasteiger partial charge is 0.242 e. The second-order valence-electron chi connectivity index (χ2n) is 3.66. The molecule has 0 unspecified atom stereocenters. The summed E-state index contributed by atoms with van der Waals surface area (Å²) in [5.74, 6) is 0. The third-order valence-corrected chi connectivity index (χ3v) is 5.27. The Kier molecular flexibility index (Phi) is 4.40. The Balaban J connectivity index is 2.02. The van der Waals surface area contributed by atoms with Crippen molar-refractivity contribution in [2.24, 2.45) is 0 Å². The summed E-state index contributed by atoms with van der Waals surface area (Å²) in [5, 5.41) is 2.21. The Morgan fingerprint density at radius 2 is 1.94 bits per heavy atom. The number of halogens is 1. The third kappa shape index (κ3) is 3.32. The summed E-state index contributed by atoms with van der Waals surface area (Å²) in [4.78, 5) is 1.27. The van der Waals surface area contributed by atoms with Gasteiger partial charge in [-0.15, -0.1) is 11.3 Å². The van der Waals surface area contributed by atoms with E-state index in [-0.39, 0.29) is 9.92 Å². The molecule has 96 valence electrons. The molecule has 18 heavy (non-hydrogen) atoms. The molecule has 0 bridgehead atoms. The zero-order valence-corrected chi connectivity index (χ0v) is 11.9. The number of thiophene rings is 1. The lowest BCUT2D eigenvalue weighted by Crippen LogP contribution is -2.26. The molecule has 0 aliphatic heterocycles. The monoisotopic (exact) mass is 301 g/mol. The van der Waals surface area contributed by atoms with Crippen LogP contribution in [0.2, 0.25) is 5.02 Å². The van der Waals surface area contributed by atoms with Gasteiger partial charge in [-0.05, 0) is 30.0 Å². The van der Waals surface area contributed by atoms with Crippen molar-refractivity contribution in [1.82, 2.24) is 4.72 Å². The Hall–Kier alpha value is -0.880. The lowest BCUT2D eigenvalue weighted by Gasteiger charge is -2.07. The maximum atomic E-state index is 12.0. The second-order valence-corrected chi connectivity index (χ2v) is 6.83. The minimum Gasteiger partial charge on any atom is -0.211 e. The van der Waals surface area contributed by atoms with Crippen molar-refractivity contribution in [3.63, 3.8) is 0 Å². The summed E-state index contributed by atoms with van der Waals surface area (Å²) in [5.41, 5.74) is 0. The fourth-order valence-electron chi connectivity index (χ4n) is 1.50. The molecule has 0 radical (unpaired) electrons. The van der Waals surface area contributed by atoms with Gasteiger partial charge in [-0.3, -0.25) is 0 Å². The highest BCUT2D eigenvalue weighted by Gasteiger charge is 2.16. The molecule has 0 amide bonds. The van der Waals surface area contributed by atoms with E-state index in [0.717, 1.165) is 4.88 Å². The lowest BCUT2D eigenvalue weighted by atomic mass is 10.3. The van der Waals surface area contributed by atoms with Crippen molar-refractivity contribution in [3.05, 3.63) is 51.7 Å². The first kappa shape index (κ1) is 13.5. The minimum absolute atomic E-state index is 0.123. The molecule has 1 aromatic carbocycles. The highest BCUT2D eigenvalue weighted by atomic mass is 35.5. The van der Waals surface area contributed by atoms with Gasteiger partial charge in [-0.25, -0.2) is 13.1 Å². The normalized spacial score (nSPS) is 11.6. The van der Waals surface area contributed by atoms with Crippen LogP contribution in [-0.2, 0) is 16.4 Å². The number of benzene rings is 1. The molecular weight excluding hydrogens is 290 g/mol. The molecule has 0 aliphatic carbocycles. The minimum atomic E-state index is -3.52. The summed E-state index contributed by atoms with van der Waals surface area (Å²) in [6.45, 7) is 0.369. The van der Waals surface area contributed by atoms with Gasteiger partial charge < -0.3 is 0 Å². The van der Waals surface area contributed by atoms with Gasteiger partial charge in [-0.2, -0.15) is 0 Å². The first-order valence-electron chi connectivity index (χ1n) is 5.36. The number of sulfonamides is 1. The number of nitrogens with one attached hydrogen (secondary N) is 1. The first-order valence-corrected chi connectivity index (χ1v) is 8.10. The van der Waals surface area contributed by atoms with Gasteiger partial charge in [0.05, 0.1) is 5.02 Å². The van der Waals surface area contributed by atoms with Crippen LogP contribution in [0.4, 0.5) is 0 Å². The van der Waals surface area contributed by atoms with Gasteiger partial charge in [0.25, 0.3) is 0 Å².